The third kappa shape index (κ3) is 3.46. The Morgan fingerprint density at radius 1 is 1.04 bits per heavy atom. The number of hydrogen-bond donors (Lipinski definition) is 2. The van der Waals surface area contributed by atoms with Gasteiger partial charge in [-0.3, -0.25) is 4.57 Å². The molecule has 3 aromatic rings. The molecule has 5 heteroatoms. The zero-order valence-corrected chi connectivity index (χ0v) is 13.9. The highest BCUT2D eigenvalue weighted by molar-refractivity contribution is 7.55. The summed E-state index contributed by atoms with van der Waals surface area (Å²) in [6.07, 6.45) is 1.45. The Labute approximate surface area is 139 Å². The van der Waals surface area contributed by atoms with Gasteiger partial charge in [-0.2, -0.15) is 0 Å². The second-order valence-corrected chi connectivity index (χ2v) is 7.09. The highest BCUT2D eigenvalue weighted by Gasteiger charge is 2.13. The van der Waals surface area contributed by atoms with Crippen LogP contribution in [-0.4, -0.2) is 9.79 Å². The molecule has 3 rings (SSSR count). The van der Waals surface area contributed by atoms with Crippen LogP contribution in [-0.2, 0) is 4.57 Å². The molecule has 0 aliphatic rings. The number of aryl methyl sites for hydroxylation is 1. The molecule has 0 aliphatic carbocycles. The molecular formula is C19H16FO3P. The Bertz CT molecular complexity index is 972. The summed E-state index contributed by atoms with van der Waals surface area (Å²) in [6, 6.07) is 15.8. The molecule has 0 amide bonds. The zero-order valence-electron chi connectivity index (χ0n) is 13.0. The molecule has 24 heavy (non-hydrogen) atoms. The van der Waals surface area contributed by atoms with Crippen LogP contribution in [0.25, 0.3) is 28.0 Å². The molecular weight excluding hydrogens is 326 g/mol. The predicted octanol–water partition coefficient (Wildman–Crippen LogP) is 5.10. The van der Waals surface area contributed by atoms with E-state index < -0.39 is 7.60 Å². The summed E-state index contributed by atoms with van der Waals surface area (Å²) in [4.78, 5) is 18.3. The van der Waals surface area contributed by atoms with E-state index in [1.165, 1.54) is 18.2 Å². The average Bonchev–Trinajstić information content (AvgIpc) is 2.52. The van der Waals surface area contributed by atoms with Gasteiger partial charge in [-0.05, 0) is 58.2 Å². The molecule has 0 unspecified atom stereocenters. The summed E-state index contributed by atoms with van der Waals surface area (Å²) in [5.41, 5.74) is 3.22. The van der Waals surface area contributed by atoms with Crippen LogP contribution in [0.3, 0.4) is 0 Å². The Hall–Kier alpha value is -2.26. The molecule has 3 nitrogen and oxygen atoms in total. The topological polar surface area (TPSA) is 57.5 Å². The van der Waals surface area contributed by atoms with Crippen molar-refractivity contribution in [1.82, 2.24) is 0 Å². The molecule has 0 bridgehead atoms. The lowest BCUT2D eigenvalue weighted by Crippen LogP contribution is -1.91. The molecule has 0 radical (unpaired) electrons. The van der Waals surface area contributed by atoms with Gasteiger partial charge in [0.05, 0.1) is 0 Å². The van der Waals surface area contributed by atoms with Gasteiger partial charge in [0.1, 0.15) is 5.82 Å². The van der Waals surface area contributed by atoms with Crippen molar-refractivity contribution in [3.8, 4) is 11.1 Å². The lowest BCUT2D eigenvalue weighted by molar-refractivity contribution is 0.386. The van der Waals surface area contributed by atoms with E-state index in [4.69, 9.17) is 9.79 Å². The minimum atomic E-state index is -4.27. The first-order chi connectivity index (χ1) is 11.3. The molecule has 0 aliphatic heterocycles. The van der Waals surface area contributed by atoms with Crippen molar-refractivity contribution in [1.29, 1.82) is 0 Å². The van der Waals surface area contributed by atoms with Gasteiger partial charge >= 0.3 is 7.60 Å². The minimum absolute atomic E-state index is 0.331. The Morgan fingerprint density at radius 3 is 2.38 bits per heavy atom. The standard InChI is InChI=1S/C19H16FO3P/c1-13-12-15-4-2-3-5-18(15)19(14-6-8-16(20)9-7-14)17(13)10-11-24(21,22)23/h2-12H,1H3,(H2,21,22,23). The number of rotatable bonds is 3. The summed E-state index contributed by atoms with van der Waals surface area (Å²) >= 11 is 0. The molecule has 0 heterocycles. The van der Waals surface area contributed by atoms with Gasteiger partial charge < -0.3 is 9.79 Å². The SMILES string of the molecule is Cc1cc2ccccc2c(-c2ccc(F)cc2)c1C=CP(=O)(O)O. The summed E-state index contributed by atoms with van der Waals surface area (Å²) in [7, 11) is -4.27. The molecule has 2 N–H and O–H groups in total. The second-order valence-electron chi connectivity index (χ2n) is 5.61. The number of benzene rings is 3. The molecule has 122 valence electrons. The van der Waals surface area contributed by atoms with Crippen LogP contribution in [0.15, 0.2) is 60.4 Å². The van der Waals surface area contributed by atoms with E-state index in [1.54, 1.807) is 12.1 Å². The molecule has 0 spiro atoms. The molecule has 0 aromatic heterocycles. The van der Waals surface area contributed by atoms with Crippen LogP contribution in [0.4, 0.5) is 4.39 Å². The third-order valence-corrected chi connectivity index (χ3v) is 4.40. The lowest BCUT2D eigenvalue weighted by atomic mass is 9.90. The molecule has 0 fully saturated rings. The van der Waals surface area contributed by atoms with Crippen molar-refractivity contribution >= 4 is 24.4 Å². The highest BCUT2D eigenvalue weighted by Crippen LogP contribution is 2.40. The van der Waals surface area contributed by atoms with Gasteiger partial charge in [-0.1, -0.05) is 42.5 Å². The van der Waals surface area contributed by atoms with Crippen molar-refractivity contribution in [3.63, 3.8) is 0 Å². The van der Waals surface area contributed by atoms with Crippen LogP contribution < -0.4 is 0 Å². The van der Waals surface area contributed by atoms with E-state index in [1.807, 2.05) is 37.3 Å². The van der Waals surface area contributed by atoms with Gasteiger partial charge in [0.2, 0.25) is 0 Å². The van der Waals surface area contributed by atoms with Crippen LogP contribution in [0, 0.1) is 12.7 Å². The molecule has 3 aromatic carbocycles. The fourth-order valence-corrected chi connectivity index (χ4v) is 3.16. The summed E-state index contributed by atoms with van der Waals surface area (Å²) in [6.45, 7) is 1.89. The van der Waals surface area contributed by atoms with Crippen LogP contribution in [0.1, 0.15) is 11.1 Å². The number of hydrogen-bond acceptors (Lipinski definition) is 1. The maximum atomic E-state index is 13.3. The van der Waals surface area contributed by atoms with Crippen molar-refractivity contribution in [2.75, 3.05) is 0 Å². The van der Waals surface area contributed by atoms with Crippen LogP contribution >= 0.6 is 7.60 Å². The van der Waals surface area contributed by atoms with Gasteiger partial charge in [0.25, 0.3) is 0 Å². The highest BCUT2D eigenvalue weighted by atomic mass is 31.2. The summed E-state index contributed by atoms with van der Waals surface area (Å²) in [5.74, 6) is 0.569. The Kier molecular flexibility index (Phi) is 4.37. The van der Waals surface area contributed by atoms with E-state index >= 15 is 0 Å². The zero-order chi connectivity index (χ0) is 17.3. The number of fused-ring (bicyclic) bond motifs is 1. The van der Waals surface area contributed by atoms with Gasteiger partial charge in [0.15, 0.2) is 0 Å². The lowest BCUT2D eigenvalue weighted by Gasteiger charge is -2.14. The van der Waals surface area contributed by atoms with Crippen molar-refractivity contribution in [2.45, 2.75) is 6.92 Å². The van der Waals surface area contributed by atoms with Crippen molar-refractivity contribution < 1.29 is 18.7 Å². The van der Waals surface area contributed by atoms with Crippen molar-refractivity contribution in [3.05, 3.63) is 77.4 Å². The minimum Gasteiger partial charge on any atom is -0.321 e. The molecule has 0 saturated heterocycles. The van der Waals surface area contributed by atoms with Gasteiger partial charge in [-0.25, -0.2) is 4.39 Å². The summed E-state index contributed by atoms with van der Waals surface area (Å²) in [5, 5.41) is 1.96. The monoisotopic (exact) mass is 342 g/mol. The maximum absolute atomic E-state index is 13.3. The van der Waals surface area contributed by atoms with E-state index in [0.717, 1.165) is 33.3 Å². The average molecular weight is 342 g/mol. The van der Waals surface area contributed by atoms with Gasteiger partial charge in [-0.15, -0.1) is 0 Å². The third-order valence-electron chi connectivity index (χ3n) is 3.86. The largest absolute Gasteiger partial charge is 0.349 e. The van der Waals surface area contributed by atoms with E-state index in [-0.39, 0.29) is 5.82 Å². The fraction of sp³-hybridized carbons (Fsp3) is 0.0526. The fourth-order valence-electron chi connectivity index (χ4n) is 2.82. The maximum Gasteiger partial charge on any atom is 0.349 e. The second kappa shape index (κ2) is 6.33. The molecule has 0 atom stereocenters. The Morgan fingerprint density at radius 2 is 1.71 bits per heavy atom. The first kappa shape index (κ1) is 16.6. The number of halogens is 1. The smallest absolute Gasteiger partial charge is 0.321 e. The normalized spacial score (nSPS) is 12.2. The van der Waals surface area contributed by atoms with Crippen LogP contribution in [0.5, 0.6) is 0 Å². The van der Waals surface area contributed by atoms with E-state index in [0.29, 0.717) is 5.56 Å². The predicted molar refractivity (Wildman–Crippen MR) is 95.2 cm³/mol. The van der Waals surface area contributed by atoms with E-state index in [2.05, 4.69) is 0 Å². The molecule has 0 saturated carbocycles. The van der Waals surface area contributed by atoms with Crippen LogP contribution in [0.2, 0.25) is 0 Å². The van der Waals surface area contributed by atoms with Gasteiger partial charge in [0, 0.05) is 5.82 Å². The quantitative estimate of drug-likeness (QED) is 0.651. The Balaban J connectivity index is 2.35. The summed E-state index contributed by atoms with van der Waals surface area (Å²) < 4.78 is 24.5. The van der Waals surface area contributed by atoms with Crippen molar-refractivity contribution in [2.24, 2.45) is 0 Å². The first-order valence-corrected chi connectivity index (χ1v) is 9.06. The van der Waals surface area contributed by atoms with E-state index in [9.17, 15) is 8.96 Å². The first-order valence-electron chi connectivity index (χ1n) is 7.38.